The summed E-state index contributed by atoms with van der Waals surface area (Å²) >= 11 is 0. The van der Waals surface area contributed by atoms with E-state index in [1.165, 1.54) is 86.1 Å². The molecule has 0 bridgehead atoms. The van der Waals surface area contributed by atoms with E-state index in [2.05, 4.69) is 55.4 Å². The lowest BCUT2D eigenvalue weighted by molar-refractivity contribution is 0.406. The molecule has 0 N–H and O–H groups in total. The van der Waals surface area contributed by atoms with E-state index in [-0.39, 0.29) is 10.8 Å². The van der Waals surface area contributed by atoms with Gasteiger partial charge >= 0.3 is 0 Å². The van der Waals surface area contributed by atoms with Crippen molar-refractivity contribution >= 4 is 0 Å². The van der Waals surface area contributed by atoms with E-state index in [9.17, 15) is 0 Å². The smallest absolute Gasteiger partial charge is 0.0470 e. The molecule has 4 aliphatic carbocycles. The quantitative estimate of drug-likeness (QED) is 0.437. The molecule has 2 aromatic heterocycles. The van der Waals surface area contributed by atoms with E-state index in [4.69, 9.17) is 9.97 Å². The van der Waals surface area contributed by atoms with Crippen LogP contribution in [0.3, 0.4) is 0 Å². The van der Waals surface area contributed by atoms with Crippen molar-refractivity contribution < 1.29 is 0 Å². The van der Waals surface area contributed by atoms with Gasteiger partial charge in [-0.25, -0.2) is 0 Å². The number of rotatable bonds is 4. The van der Waals surface area contributed by atoms with E-state index in [0.717, 1.165) is 18.3 Å². The van der Waals surface area contributed by atoms with Gasteiger partial charge in [-0.05, 0) is 127 Å². The van der Waals surface area contributed by atoms with Crippen molar-refractivity contribution in [1.29, 1.82) is 0 Å². The van der Waals surface area contributed by atoms with Gasteiger partial charge < -0.3 is 0 Å². The summed E-state index contributed by atoms with van der Waals surface area (Å²) in [6.45, 7) is 19.3. The molecule has 0 aromatic carbocycles. The Balaban J connectivity index is 1.35. The van der Waals surface area contributed by atoms with Crippen molar-refractivity contribution in [2.75, 3.05) is 0 Å². The van der Waals surface area contributed by atoms with Crippen molar-refractivity contribution in [1.82, 2.24) is 9.97 Å². The highest BCUT2D eigenvalue weighted by Crippen LogP contribution is 2.59. The van der Waals surface area contributed by atoms with Crippen LogP contribution in [0.15, 0.2) is 0 Å². The highest BCUT2D eigenvalue weighted by molar-refractivity contribution is 5.52. The predicted octanol–water partition coefficient (Wildman–Crippen LogP) is 8.22. The summed E-state index contributed by atoms with van der Waals surface area (Å²) in [5.74, 6) is 2.97. The highest BCUT2D eigenvalue weighted by atomic mass is 14.8. The number of aromatic nitrogens is 2. The van der Waals surface area contributed by atoms with Crippen LogP contribution in [-0.4, -0.2) is 9.97 Å². The second-order valence-electron chi connectivity index (χ2n) is 14.7. The first-order valence-corrected chi connectivity index (χ1v) is 15.1. The normalized spacial score (nSPS) is 25.6. The lowest BCUT2D eigenvalue weighted by Crippen LogP contribution is -2.22. The van der Waals surface area contributed by atoms with Gasteiger partial charge in [0.2, 0.25) is 0 Å². The Morgan fingerprint density at radius 2 is 1.53 bits per heavy atom. The third-order valence-electron chi connectivity index (χ3n) is 10.1. The molecule has 2 nitrogen and oxygen atoms in total. The summed E-state index contributed by atoms with van der Waals surface area (Å²) in [7, 11) is 0. The van der Waals surface area contributed by atoms with Crippen molar-refractivity contribution in [2.45, 2.75) is 142 Å². The zero-order valence-electron chi connectivity index (χ0n) is 24.3. The fraction of sp³-hybridized carbons (Fsp3) is 0.706. The van der Waals surface area contributed by atoms with Crippen LogP contribution in [-0.2, 0) is 42.9 Å². The molecule has 3 unspecified atom stereocenters. The van der Waals surface area contributed by atoms with Crippen molar-refractivity contribution in [3.63, 3.8) is 0 Å². The molecule has 2 aromatic rings. The first-order valence-electron chi connectivity index (χ1n) is 15.1. The lowest BCUT2D eigenvalue weighted by Gasteiger charge is -2.32. The predicted molar refractivity (Wildman–Crippen MR) is 150 cm³/mol. The summed E-state index contributed by atoms with van der Waals surface area (Å²) in [6, 6.07) is 0. The minimum Gasteiger partial charge on any atom is -0.257 e. The first kappa shape index (κ1) is 24.6. The maximum absolute atomic E-state index is 5.43. The van der Waals surface area contributed by atoms with Crippen LogP contribution in [0.2, 0.25) is 0 Å². The van der Waals surface area contributed by atoms with Gasteiger partial charge in [-0.3, -0.25) is 9.97 Å². The fourth-order valence-corrected chi connectivity index (χ4v) is 8.41. The van der Waals surface area contributed by atoms with E-state index in [0.29, 0.717) is 11.8 Å². The second kappa shape index (κ2) is 8.40. The van der Waals surface area contributed by atoms with Gasteiger partial charge in [0.05, 0.1) is 0 Å². The number of aryl methyl sites for hydroxylation is 2. The van der Waals surface area contributed by atoms with Crippen LogP contribution >= 0.6 is 0 Å². The average Bonchev–Trinajstić information content (AvgIpc) is 3.20. The van der Waals surface area contributed by atoms with Crippen LogP contribution < -0.4 is 0 Å². The maximum Gasteiger partial charge on any atom is 0.0470 e. The van der Waals surface area contributed by atoms with Crippen LogP contribution in [0.1, 0.15) is 149 Å². The molecule has 0 saturated heterocycles. The van der Waals surface area contributed by atoms with Crippen molar-refractivity contribution in [3.05, 3.63) is 56.2 Å². The molecule has 0 amide bonds. The van der Waals surface area contributed by atoms with Crippen LogP contribution in [0.5, 0.6) is 0 Å². The lowest BCUT2D eigenvalue weighted by atomic mass is 9.75. The summed E-state index contributed by atoms with van der Waals surface area (Å²) in [6.07, 6.45) is 12.6. The molecule has 3 atom stereocenters. The molecule has 0 aliphatic heterocycles. The van der Waals surface area contributed by atoms with Gasteiger partial charge in [0.25, 0.3) is 0 Å². The Morgan fingerprint density at radius 1 is 0.806 bits per heavy atom. The molecular formula is C34H48N2. The zero-order valence-corrected chi connectivity index (χ0v) is 24.3. The Kier molecular flexibility index (Phi) is 5.75. The van der Waals surface area contributed by atoms with Gasteiger partial charge in [-0.2, -0.15) is 0 Å². The Labute approximate surface area is 220 Å². The molecule has 4 aliphatic rings. The highest BCUT2D eigenvalue weighted by Gasteiger charge is 2.50. The molecule has 2 heterocycles. The Bertz CT molecular complexity index is 1200. The maximum atomic E-state index is 5.43. The Hall–Kier alpha value is -1.70. The number of hydrogen-bond acceptors (Lipinski definition) is 2. The first-order chi connectivity index (χ1) is 17.0. The molecule has 2 heteroatoms. The standard InChI is InChI=1S/C34H48N2/c1-9-26-29(31(34(6,7)8)22-14-11-15-27(22)35-26)24-18-23(24)21-16-25-28(17-21)36-32(20-12-10-13-20)19(2)30(25)33(3,4)5/h20-21,23-24H,9-18H2,1-8H3. The van der Waals surface area contributed by atoms with E-state index in [1.807, 2.05) is 0 Å². The molecule has 2 saturated carbocycles. The van der Waals surface area contributed by atoms with Gasteiger partial charge in [0.1, 0.15) is 0 Å². The minimum atomic E-state index is 0.187. The van der Waals surface area contributed by atoms with Gasteiger partial charge in [0, 0.05) is 28.7 Å². The third kappa shape index (κ3) is 3.88. The van der Waals surface area contributed by atoms with Gasteiger partial charge in [0.15, 0.2) is 0 Å². The average molecular weight is 485 g/mol. The van der Waals surface area contributed by atoms with Crippen LogP contribution in [0.4, 0.5) is 0 Å². The topological polar surface area (TPSA) is 25.8 Å². The molecule has 6 rings (SSSR count). The van der Waals surface area contributed by atoms with Gasteiger partial charge in [-0.1, -0.05) is 54.9 Å². The van der Waals surface area contributed by atoms with Crippen molar-refractivity contribution in [2.24, 2.45) is 11.8 Å². The monoisotopic (exact) mass is 484 g/mol. The van der Waals surface area contributed by atoms with Crippen LogP contribution in [0.25, 0.3) is 0 Å². The molecule has 0 radical (unpaired) electrons. The number of hydrogen-bond donors (Lipinski definition) is 0. The second-order valence-corrected chi connectivity index (χ2v) is 14.7. The van der Waals surface area contributed by atoms with Crippen LogP contribution in [0, 0.1) is 18.8 Å². The largest absolute Gasteiger partial charge is 0.257 e. The summed E-state index contributed by atoms with van der Waals surface area (Å²) < 4.78 is 0. The third-order valence-corrected chi connectivity index (χ3v) is 10.1. The van der Waals surface area contributed by atoms with Gasteiger partial charge in [-0.15, -0.1) is 0 Å². The molecule has 0 spiro atoms. The zero-order chi connectivity index (χ0) is 25.6. The Morgan fingerprint density at radius 3 is 2.14 bits per heavy atom. The van der Waals surface area contributed by atoms with E-state index >= 15 is 0 Å². The van der Waals surface area contributed by atoms with E-state index in [1.54, 1.807) is 27.8 Å². The summed E-state index contributed by atoms with van der Waals surface area (Å²) in [5.41, 5.74) is 15.9. The van der Waals surface area contributed by atoms with E-state index < -0.39 is 0 Å². The van der Waals surface area contributed by atoms with Crippen molar-refractivity contribution in [3.8, 4) is 0 Å². The number of pyridine rings is 2. The SMILES string of the molecule is CCc1nc2c(c(C(C)(C)C)c1C1CC1C1Cc3nc(C4CCC4)c(C)c(C(C)(C)C)c3C1)CCC2. The number of fused-ring (bicyclic) bond motifs is 2. The summed E-state index contributed by atoms with van der Waals surface area (Å²) in [5, 5.41) is 0. The molecule has 2 fully saturated rings. The fourth-order valence-electron chi connectivity index (χ4n) is 8.41. The molecule has 194 valence electrons. The minimum absolute atomic E-state index is 0.187. The summed E-state index contributed by atoms with van der Waals surface area (Å²) in [4.78, 5) is 10.7. The molecule has 36 heavy (non-hydrogen) atoms. The molecular weight excluding hydrogens is 436 g/mol. The number of nitrogens with zero attached hydrogens (tertiary/aromatic N) is 2.